The Morgan fingerprint density at radius 3 is 2.58 bits per heavy atom. The smallest absolute Gasteiger partial charge is 0.319 e. The first-order chi connectivity index (χ1) is 9.13. The van der Waals surface area contributed by atoms with Crippen molar-refractivity contribution in [1.82, 2.24) is 10.2 Å². The van der Waals surface area contributed by atoms with E-state index in [-0.39, 0.29) is 6.03 Å². The van der Waals surface area contributed by atoms with Crippen LogP contribution in [0.2, 0.25) is 0 Å². The summed E-state index contributed by atoms with van der Waals surface area (Å²) in [4.78, 5) is 14.1. The lowest BCUT2D eigenvalue weighted by molar-refractivity contribution is 0.213. The van der Waals surface area contributed by atoms with E-state index in [2.05, 4.69) is 22.6 Å². The number of hydrogen-bond donors (Lipinski definition) is 3. The molecular formula is C14H22N4O. The lowest BCUT2D eigenvalue weighted by atomic mass is 9.97. The Hall–Kier alpha value is -1.75. The summed E-state index contributed by atoms with van der Waals surface area (Å²) >= 11 is 0. The van der Waals surface area contributed by atoms with Gasteiger partial charge in [-0.05, 0) is 63.2 Å². The van der Waals surface area contributed by atoms with Crippen molar-refractivity contribution >= 4 is 17.4 Å². The van der Waals surface area contributed by atoms with Crippen LogP contribution in [-0.2, 0) is 0 Å². The Bertz CT molecular complexity index is 410. The minimum Gasteiger partial charge on any atom is -0.399 e. The maximum absolute atomic E-state index is 11.7. The summed E-state index contributed by atoms with van der Waals surface area (Å²) in [7, 11) is 2.14. The number of rotatable bonds is 3. The fraction of sp³-hybridized carbons (Fsp3) is 0.500. The number of hydrogen-bond acceptors (Lipinski definition) is 3. The number of nitrogen functional groups attached to an aromatic ring is 1. The maximum atomic E-state index is 11.7. The van der Waals surface area contributed by atoms with Gasteiger partial charge in [-0.1, -0.05) is 0 Å². The molecule has 0 saturated carbocycles. The highest BCUT2D eigenvalue weighted by molar-refractivity contribution is 5.89. The number of benzene rings is 1. The third-order valence-electron chi connectivity index (χ3n) is 3.56. The molecule has 1 aliphatic rings. The lowest BCUT2D eigenvalue weighted by Crippen LogP contribution is -2.38. The van der Waals surface area contributed by atoms with Crippen LogP contribution >= 0.6 is 0 Å². The summed E-state index contributed by atoms with van der Waals surface area (Å²) in [5.74, 6) is 0.591. The van der Waals surface area contributed by atoms with Gasteiger partial charge >= 0.3 is 6.03 Å². The second-order valence-corrected chi connectivity index (χ2v) is 5.20. The number of amides is 2. The Morgan fingerprint density at radius 2 is 1.95 bits per heavy atom. The molecule has 0 unspecified atom stereocenters. The summed E-state index contributed by atoms with van der Waals surface area (Å²) in [6, 6.07) is 6.98. The van der Waals surface area contributed by atoms with Gasteiger partial charge in [-0.15, -0.1) is 0 Å². The third kappa shape index (κ3) is 4.44. The van der Waals surface area contributed by atoms with E-state index in [9.17, 15) is 4.79 Å². The molecule has 1 fully saturated rings. The number of carbonyl (C=O) groups excluding carboxylic acids is 1. The van der Waals surface area contributed by atoms with Crippen molar-refractivity contribution in [1.29, 1.82) is 0 Å². The number of carbonyl (C=O) groups is 1. The minimum atomic E-state index is -0.149. The van der Waals surface area contributed by atoms with Crippen molar-refractivity contribution in [2.75, 3.05) is 37.7 Å². The van der Waals surface area contributed by atoms with E-state index in [0.29, 0.717) is 11.6 Å². The van der Waals surface area contributed by atoms with Crippen molar-refractivity contribution in [3.05, 3.63) is 24.3 Å². The number of piperidine rings is 1. The average molecular weight is 262 g/mol. The molecule has 1 heterocycles. The molecule has 1 aromatic rings. The molecule has 19 heavy (non-hydrogen) atoms. The van der Waals surface area contributed by atoms with Crippen LogP contribution in [0.25, 0.3) is 0 Å². The van der Waals surface area contributed by atoms with E-state index in [1.165, 1.54) is 0 Å². The van der Waals surface area contributed by atoms with Gasteiger partial charge in [0.25, 0.3) is 0 Å². The average Bonchev–Trinajstić information content (AvgIpc) is 2.41. The van der Waals surface area contributed by atoms with Gasteiger partial charge in [0.2, 0.25) is 0 Å². The van der Waals surface area contributed by atoms with Gasteiger partial charge < -0.3 is 21.3 Å². The molecule has 0 spiro atoms. The molecule has 1 saturated heterocycles. The highest BCUT2D eigenvalue weighted by Crippen LogP contribution is 2.15. The second-order valence-electron chi connectivity index (χ2n) is 5.20. The molecule has 5 nitrogen and oxygen atoms in total. The summed E-state index contributed by atoms with van der Waals surface area (Å²) in [5.41, 5.74) is 7.04. The third-order valence-corrected chi connectivity index (χ3v) is 3.56. The van der Waals surface area contributed by atoms with Crippen molar-refractivity contribution in [3.63, 3.8) is 0 Å². The zero-order chi connectivity index (χ0) is 13.7. The fourth-order valence-electron chi connectivity index (χ4n) is 2.24. The van der Waals surface area contributed by atoms with Crippen molar-refractivity contribution in [3.8, 4) is 0 Å². The summed E-state index contributed by atoms with van der Waals surface area (Å²) in [6.07, 6.45) is 2.30. The molecule has 1 aliphatic heterocycles. The first-order valence-corrected chi connectivity index (χ1v) is 6.72. The van der Waals surface area contributed by atoms with E-state index in [4.69, 9.17) is 5.73 Å². The highest BCUT2D eigenvalue weighted by atomic mass is 16.2. The Morgan fingerprint density at radius 1 is 1.32 bits per heavy atom. The van der Waals surface area contributed by atoms with Gasteiger partial charge in [0, 0.05) is 17.9 Å². The predicted molar refractivity (Wildman–Crippen MR) is 78.1 cm³/mol. The fourth-order valence-corrected chi connectivity index (χ4v) is 2.24. The van der Waals surface area contributed by atoms with Crippen LogP contribution < -0.4 is 16.4 Å². The Balaban J connectivity index is 1.71. The molecule has 2 amide bonds. The standard InChI is InChI=1S/C14H22N4O/c1-18-8-6-11(7-9-18)10-16-14(19)17-13-4-2-12(15)3-5-13/h2-5,11H,6-10,15H2,1H3,(H2,16,17,19). The predicted octanol–water partition coefficient (Wildman–Crippen LogP) is 1.73. The molecule has 0 aromatic heterocycles. The molecule has 0 bridgehead atoms. The molecule has 0 atom stereocenters. The quantitative estimate of drug-likeness (QED) is 0.727. The Kier molecular flexibility index (Phi) is 4.63. The topological polar surface area (TPSA) is 70.4 Å². The largest absolute Gasteiger partial charge is 0.399 e. The van der Waals surface area contributed by atoms with Gasteiger partial charge in [0.1, 0.15) is 0 Å². The summed E-state index contributed by atoms with van der Waals surface area (Å²) < 4.78 is 0. The molecule has 0 aliphatic carbocycles. The highest BCUT2D eigenvalue weighted by Gasteiger charge is 2.16. The summed E-state index contributed by atoms with van der Waals surface area (Å²) in [5, 5.41) is 5.73. The molecular weight excluding hydrogens is 240 g/mol. The number of nitrogens with two attached hydrogens (primary N) is 1. The van der Waals surface area contributed by atoms with Crippen LogP contribution in [0.1, 0.15) is 12.8 Å². The van der Waals surface area contributed by atoms with Crippen LogP contribution in [0.15, 0.2) is 24.3 Å². The van der Waals surface area contributed by atoms with Crippen molar-refractivity contribution < 1.29 is 4.79 Å². The van der Waals surface area contributed by atoms with Gasteiger partial charge in [-0.3, -0.25) is 0 Å². The van der Waals surface area contributed by atoms with E-state index in [0.717, 1.165) is 38.2 Å². The van der Waals surface area contributed by atoms with Crippen molar-refractivity contribution in [2.24, 2.45) is 5.92 Å². The number of nitrogens with zero attached hydrogens (tertiary/aromatic N) is 1. The zero-order valence-corrected chi connectivity index (χ0v) is 11.4. The number of nitrogens with one attached hydrogen (secondary N) is 2. The van der Waals surface area contributed by atoms with Crippen LogP contribution in [0.5, 0.6) is 0 Å². The van der Waals surface area contributed by atoms with Crippen molar-refractivity contribution in [2.45, 2.75) is 12.8 Å². The van der Waals surface area contributed by atoms with Crippen LogP contribution in [0.4, 0.5) is 16.2 Å². The first-order valence-electron chi connectivity index (χ1n) is 6.72. The van der Waals surface area contributed by atoms with Gasteiger partial charge in [0.15, 0.2) is 0 Å². The minimum absolute atomic E-state index is 0.149. The first kappa shape index (κ1) is 13.7. The zero-order valence-electron chi connectivity index (χ0n) is 11.4. The van der Waals surface area contributed by atoms with E-state index < -0.39 is 0 Å². The van der Waals surface area contributed by atoms with Gasteiger partial charge in [-0.25, -0.2) is 4.79 Å². The van der Waals surface area contributed by atoms with Gasteiger partial charge in [-0.2, -0.15) is 0 Å². The molecule has 104 valence electrons. The number of anilines is 2. The SMILES string of the molecule is CN1CCC(CNC(=O)Nc2ccc(N)cc2)CC1. The van der Waals surface area contributed by atoms with Crippen LogP contribution in [0, 0.1) is 5.92 Å². The molecule has 2 rings (SSSR count). The van der Waals surface area contributed by atoms with Crippen LogP contribution in [0.3, 0.4) is 0 Å². The number of urea groups is 1. The normalized spacial score (nSPS) is 17.1. The van der Waals surface area contributed by atoms with Crippen LogP contribution in [-0.4, -0.2) is 37.6 Å². The lowest BCUT2D eigenvalue weighted by Gasteiger charge is -2.28. The Labute approximate surface area is 114 Å². The monoisotopic (exact) mass is 262 g/mol. The molecule has 0 radical (unpaired) electrons. The van der Waals surface area contributed by atoms with E-state index >= 15 is 0 Å². The molecule has 1 aromatic carbocycles. The van der Waals surface area contributed by atoms with Gasteiger partial charge in [0.05, 0.1) is 0 Å². The molecule has 4 N–H and O–H groups in total. The summed E-state index contributed by atoms with van der Waals surface area (Å²) in [6.45, 7) is 2.98. The number of likely N-dealkylation sites (tertiary alicyclic amines) is 1. The maximum Gasteiger partial charge on any atom is 0.319 e. The van der Waals surface area contributed by atoms with E-state index in [1.54, 1.807) is 24.3 Å². The molecule has 5 heteroatoms. The second kappa shape index (κ2) is 6.43. The van der Waals surface area contributed by atoms with E-state index in [1.807, 2.05) is 0 Å².